The normalized spacial score (nSPS) is 15.4. The molecule has 2 heterocycles. The summed E-state index contributed by atoms with van der Waals surface area (Å²) in [5.74, 6) is 1.25. The molecule has 1 unspecified atom stereocenters. The van der Waals surface area contributed by atoms with Crippen LogP contribution in [0.1, 0.15) is 6.42 Å². The number of carbonyl (C=O) groups is 1. The largest absolute Gasteiger partial charge is 0.508 e. The number of benzene rings is 3. The molecule has 1 fully saturated rings. The van der Waals surface area contributed by atoms with E-state index in [9.17, 15) is 9.90 Å². The summed E-state index contributed by atoms with van der Waals surface area (Å²) in [6.07, 6.45) is 2.73. The molecule has 1 amide bonds. The summed E-state index contributed by atoms with van der Waals surface area (Å²) in [6, 6.07) is 18.4. The highest BCUT2D eigenvalue weighted by atomic mass is 35.5. The molecule has 0 aliphatic carbocycles. The van der Waals surface area contributed by atoms with E-state index in [1.807, 2.05) is 61.5 Å². The zero-order valence-corrected chi connectivity index (χ0v) is 21.4. The Morgan fingerprint density at radius 2 is 1.97 bits per heavy atom. The number of halogens is 1. The van der Waals surface area contributed by atoms with Crippen molar-refractivity contribution in [2.75, 3.05) is 39.1 Å². The molecule has 190 valence electrons. The van der Waals surface area contributed by atoms with E-state index in [2.05, 4.69) is 20.2 Å². The van der Waals surface area contributed by atoms with Gasteiger partial charge in [0.25, 0.3) is 5.91 Å². The highest BCUT2D eigenvalue weighted by Gasteiger charge is 2.27. The molecule has 0 radical (unpaired) electrons. The lowest BCUT2D eigenvalue weighted by molar-refractivity contribution is -0.132. The van der Waals surface area contributed by atoms with Crippen molar-refractivity contribution in [2.24, 2.45) is 0 Å². The van der Waals surface area contributed by atoms with Gasteiger partial charge in [0.1, 0.15) is 11.5 Å². The van der Waals surface area contributed by atoms with Crippen LogP contribution in [0.25, 0.3) is 22.0 Å². The average molecular weight is 518 g/mol. The van der Waals surface area contributed by atoms with Crippen LogP contribution in [-0.4, -0.2) is 70.6 Å². The lowest BCUT2D eigenvalue weighted by Gasteiger charge is -2.20. The molecule has 1 aliphatic heterocycles. The smallest absolute Gasteiger partial charge is 0.260 e. The fraction of sp³-hybridized carbons (Fsp3) is 0.250. The van der Waals surface area contributed by atoms with Crippen LogP contribution < -0.4 is 10.1 Å². The number of nitrogens with zero attached hydrogens (tertiary/aromatic N) is 4. The lowest BCUT2D eigenvalue weighted by Crippen LogP contribution is -2.36. The maximum Gasteiger partial charge on any atom is 0.260 e. The Balaban J connectivity index is 1.20. The van der Waals surface area contributed by atoms with E-state index in [1.54, 1.807) is 24.4 Å². The van der Waals surface area contributed by atoms with Crippen LogP contribution in [0.4, 0.5) is 11.6 Å². The maximum absolute atomic E-state index is 12.5. The average Bonchev–Trinajstić information content (AvgIpc) is 3.40. The quantitative estimate of drug-likeness (QED) is 0.359. The summed E-state index contributed by atoms with van der Waals surface area (Å²) in [5.41, 5.74) is 3.19. The number of fused-ring (bicyclic) bond motifs is 1. The topological polar surface area (TPSA) is 90.8 Å². The SMILES string of the molecule is CN(C)C1CCN(C(=O)COc2ccc(Nc3ncc4cc(-c5cc(O)ccc5Cl)ccc4n3)cc2)C1. The van der Waals surface area contributed by atoms with Gasteiger partial charge >= 0.3 is 0 Å². The van der Waals surface area contributed by atoms with Gasteiger partial charge in [0.2, 0.25) is 5.95 Å². The van der Waals surface area contributed by atoms with E-state index in [0.29, 0.717) is 22.8 Å². The third-order valence-corrected chi connectivity index (χ3v) is 6.89. The molecule has 0 spiro atoms. The molecule has 1 atom stereocenters. The van der Waals surface area contributed by atoms with Gasteiger partial charge in [0, 0.05) is 47.0 Å². The lowest BCUT2D eigenvalue weighted by atomic mass is 10.0. The third kappa shape index (κ3) is 5.76. The van der Waals surface area contributed by atoms with E-state index in [1.165, 1.54) is 0 Å². The first-order chi connectivity index (χ1) is 17.9. The number of likely N-dealkylation sites (tertiary alicyclic amines) is 1. The summed E-state index contributed by atoms with van der Waals surface area (Å²) in [5, 5.41) is 14.4. The number of hydrogen-bond acceptors (Lipinski definition) is 7. The van der Waals surface area contributed by atoms with E-state index < -0.39 is 0 Å². The van der Waals surface area contributed by atoms with Crippen LogP contribution >= 0.6 is 11.6 Å². The number of anilines is 2. The Hall–Kier alpha value is -3.88. The van der Waals surface area contributed by atoms with Gasteiger partial charge in [-0.1, -0.05) is 17.7 Å². The molecule has 0 saturated carbocycles. The zero-order chi connectivity index (χ0) is 25.9. The molecule has 1 aromatic heterocycles. The number of rotatable bonds is 7. The Morgan fingerprint density at radius 3 is 2.73 bits per heavy atom. The van der Waals surface area contributed by atoms with Gasteiger partial charge in [-0.15, -0.1) is 0 Å². The molecule has 1 saturated heterocycles. The predicted octanol–water partition coefficient (Wildman–Crippen LogP) is 4.94. The molecule has 2 N–H and O–H groups in total. The number of aromatic hydroxyl groups is 1. The standard InChI is InChI=1S/C28H28ClN5O3/c1-33(2)21-11-12-34(16-21)27(36)17-37-23-7-4-20(5-8-23)31-28-30-15-19-13-18(3-10-26(19)32-28)24-14-22(35)6-9-25(24)29/h3-10,13-15,21,35H,11-12,16-17H2,1-2H3,(H,30,31,32). The van der Waals surface area contributed by atoms with Crippen molar-refractivity contribution < 1.29 is 14.6 Å². The number of hydrogen-bond donors (Lipinski definition) is 2. The van der Waals surface area contributed by atoms with E-state index >= 15 is 0 Å². The van der Waals surface area contributed by atoms with Gasteiger partial charge in [-0.2, -0.15) is 0 Å². The first-order valence-corrected chi connectivity index (χ1v) is 12.4. The van der Waals surface area contributed by atoms with Crippen molar-refractivity contribution >= 4 is 40.0 Å². The number of carbonyl (C=O) groups excluding carboxylic acids is 1. The molecule has 3 aromatic carbocycles. The molecule has 8 nitrogen and oxygen atoms in total. The van der Waals surface area contributed by atoms with E-state index in [-0.39, 0.29) is 18.3 Å². The van der Waals surface area contributed by atoms with Gasteiger partial charge in [-0.05, 0) is 80.7 Å². The monoisotopic (exact) mass is 517 g/mol. The van der Waals surface area contributed by atoms with Gasteiger partial charge in [-0.3, -0.25) is 4.79 Å². The van der Waals surface area contributed by atoms with Crippen molar-refractivity contribution in [1.82, 2.24) is 19.8 Å². The number of likely N-dealkylation sites (N-methyl/N-ethyl adjacent to an activating group) is 1. The molecular weight excluding hydrogens is 490 g/mol. The summed E-state index contributed by atoms with van der Waals surface area (Å²) < 4.78 is 5.71. The summed E-state index contributed by atoms with van der Waals surface area (Å²) in [6.45, 7) is 1.54. The summed E-state index contributed by atoms with van der Waals surface area (Å²) >= 11 is 6.31. The van der Waals surface area contributed by atoms with Crippen LogP contribution in [-0.2, 0) is 4.79 Å². The summed E-state index contributed by atoms with van der Waals surface area (Å²) in [4.78, 5) is 25.5. The molecule has 5 rings (SSSR count). The van der Waals surface area contributed by atoms with E-state index in [0.717, 1.165) is 47.2 Å². The van der Waals surface area contributed by atoms with Gasteiger partial charge in [-0.25, -0.2) is 9.97 Å². The number of phenols is 1. The van der Waals surface area contributed by atoms with Gasteiger partial charge < -0.3 is 25.0 Å². The molecule has 9 heteroatoms. The number of nitrogens with one attached hydrogen (secondary N) is 1. The molecule has 1 aliphatic rings. The zero-order valence-electron chi connectivity index (χ0n) is 20.7. The summed E-state index contributed by atoms with van der Waals surface area (Å²) in [7, 11) is 4.08. The fourth-order valence-corrected chi connectivity index (χ4v) is 4.61. The second-order valence-electron chi connectivity index (χ2n) is 9.32. The van der Waals surface area contributed by atoms with Gasteiger partial charge in [0.05, 0.1) is 5.52 Å². The second-order valence-corrected chi connectivity index (χ2v) is 9.72. The minimum absolute atomic E-state index is 0.00519. The molecule has 0 bridgehead atoms. The highest BCUT2D eigenvalue weighted by Crippen LogP contribution is 2.32. The third-order valence-electron chi connectivity index (χ3n) is 6.56. The minimum atomic E-state index is 0.00519. The number of amides is 1. The van der Waals surface area contributed by atoms with Gasteiger partial charge in [0.15, 0.2) is 6.61 Å². The first-order valence-electron chi connectivity index (χ1n) is 12.1. The van der Waals surface area contributed by atoms with Crippen molar-refractivity contribution in [3.05, 3.63) is 71.9 Å². The van der Waals surface area contributed by atoms with E-state index in [4.69, 9.17) is 16.3 Å². The first kappa shape index (κ1) is 24.8. The molecular formula is C28H28ClN5O3. The second kappa shape index (κ2) is 10.6. The fourth-order valence-electron chi connectivity index (χ4n) is 4.39. The Morgan fingerprint density at radius 1 is 1.16 bits per heavy atom. The Kier molecular flexibility index (Phi) is 7.12. The molecule has 4 aromatic rings. The van der Waals surface area contributed by atoms with Crippen molar-refractivity contribution in [3.63, 3.8) is 0 Å². The van der Waals surface area contributed by atoms with Crippen LogP contribution in [0.2, 0.25) is 5.02 Å². The van der Waals surface area contributed by atoms with Crippen LogP contribution in [0.15, 0.2) is 66.9 Å². The number of ether oxygens (including phenoxy) is 1. The Bertz CT molecular complexity index is 1430. The Labute approximate surface area is 220 Å². The maximum atomic E-state index is 12.5. The molecule has 37 heavy (non-hydrogen) atoms. The van der Waals surface area contributed by atoms with Crippen molar-refractivity contribution in [1.29, 1.82) is 0 Å². The number of phenolic OH excluding ortho intramolecular Hbond substituents is 1. The van der Waals surface area contributed by atoms with Crippen LogP contribution in [0.5, 0.6) is 11.5 Å². The van der Waals surface area contributed by atoms with Crippen LogP contribution in [0, 0.1) is 0 Å². The predicted molar refractivity (Wildman–Crippen MR) is 146 cm³/mol. The van der Waals surface area contributed by atoms with Crippen molar-refractivity contribution in [3.8, 4) is 22.6 Å². The highest BCUT2D eigenvalue weighted by molar-refractivity contribution is 6.33. The van der Waals surface area contributed by atoms with Crippen molar-refractivity contribution in [2.45, 2.75) is 12.5 Å². The van der Waals surface area contributed by atoms with Crippen LogP contribution in [0.3, 0.4) is 0 Å². The minimum Gasteiger partial charge on any atom is -0.508 e. The number of aromatic nitrogens is 2.